The first-order valence-corrected chi connectivity index (χ1v) is 14.2. The number of rotatable bonds is 5. The predicted molar refractivity (Wildman–Crippen MR) is 74.4 cm³/mol. The molecular weight excluding hydrogens is 294 g/mol. The van der Waals surface area contributed by atoms with E-state index in [1.165, 1.54) is 0 Å². The molecule has 14 heavy (non-hydrogen) atoms. The Morgan fingerprint density at radius 3 is 1.14 bits per heavy atom. The molecule has 0 amide bonds. The second-order valence-corrected chi connectivity index (χ2v) is 25.2. The summed E-state index contributed by atoms with van der Waals surface area (Å²) < 4.78 is 0. The Morgan fingerprint density at radius 2 is 1.00 bits per heavy atom. The molecule has 0 rings (SSSR count). The second kappa shape index (κ2) is 5.78. The van der Waals surface area contributed by atoms with Gasteiger partial charge in [-0.05, 0) is 11.1 Å². The molecule has 2 unspecified atom stereocenters. The standard InChI is InChI=1S/C8H18Cl4Si2/c1-5-7(3)13(9,10)14(11,12)8(4)6-2/h7-8H,5-6H2,1-4H3. The molecule has 0 saturated heterocycles. The van der Waals surface area contributed by atoms with Crippen molar-refractivity contribution in [3.8, 4) is 0 Å². The molecule has 2 atom stereocenters. The Kier molecular flexibility index (Phi) is 6.44. The zero-order valence-corrected chi connectivity index (χ0v) is 14.1. The van der Waals surface area contributed by atoms with Gasteiger partial charge in [0.05, 0.1) is 0 Å². The molecule has 0 bridgehead atoms. The van der Waals surface area contributed by atoms with Crippen LogP contribution in [0.5, 0.6) is 0 Å². The van der Waals surface area contributed by atoms with Crippen molar-refractivity contribution in [2.24, 2.45) is 0 Å². The molecule has 0 spiro atoms. The van der Waals surface area contributed by atoms with Crippen LogP contribution in [0, 0.1) is 0 Å². The Hall–Kier alpha value is 1.59. The normalized spacial score (nSPS) is 18.0. The summed E-state index contributed by atoms with van der Waals surface area (Å²) >= 11 is 25.8. The molecule has 0 heterocycles. The lowest BCUT2D eigenvalue weighted by Crippen LogP contribution is -2.52. The summed E-state index contributed by atoms with van der Waals surface area (Å²) in [5.41, 5.74) is 0.531. The topological polar surface area (TPSA) is 0 Å². The summed E-state index contributed by atoms with van der Waals surface area (Å²) in [5, 5.41) is 0. The molecule has 0 fully saturated rings. The first-order valence-electron chi connectivity index (χ1n) is 4.97. The molecule has 0 aromatic heterocycles. The van der Waals surface area contributed by atoms with Crippen LogP contribution in [0.25, 0.3) is 0 Å². The first kappa shape index (κ1) is 15.6. The largest absolute Gasteiger partial charge is 0.276 e. The third-order valence-corrected chi connectivity index (χ3v) is 31.4. The third kappa shape index (κ3) is 3.05. The molecule has 0 N–H and O–H groups in total. The van der Waals surface area contributed by atoms with Crippen molar-refractivity contribution in [1.29, 1.82) is 0 Å². The van der Waals surface area contributed by atoms with E-state index in [4.69, 9.17) is 44.3 Å². The monoisotopic (exact) mass is 310 g/mol. The maximum Gasteiger partial charge on any atom is 0.276 e. The van der Waals surface area contributed by atoms with E-state index in [9.17, 15) is 0 Å². The molecule has 0 saturated carbocycles. The van der Waals surface area contributed by atoms with E-state index in [0.717, 1.165) is 12.8 Å². The highest BCUT2D eigenvalue weighted by Crippen LogP contribution is 2.50. The van der Waals surface area contributed by atoms with Gasteiger partial charge in [0.2, 0.25) is 0 Å². The summed E-state index contributed by atoms with van der Waals surface area (Å²) in [5.74, 6) is 0. The van der Waals surface area contributed by atoms with Gasteiger partial charge in [0, 0.05) is 0 Å². The first-order chi connectivity index (χ1) is 6.21. The average molecular weight is 312 g/mol. The summed E-state index contributed by atoms with van der Waals surface area (Å²) in [7, 11) is 0. The van der Waals surface area contributed by atoms with E-state index in [0.29, 0.717) is 0 Å². The van der Waals surface area contributed by atoms with Crippen LogP contribution in [0.2, 0.25) is 11.1 Å². The van der Waals surface area contributed by atoms with Crippen molar-refractivity contribution in [3.63, 3.8) is 0 Å². The highest BCUT2D eigenvalue weighted by molar-refractivity contribution is 7.93. The maximum atomic E-state index is 6.45. The van der Waals surface area contributed by atoms with Crippen LogP contribution in [0.15, 0.2) is 0 Å². The minimum absolute atomic E-state index is 0.265. The lowest BCUT2D eigenvalue weighted by molar-refractivity contribution is 0.850. The maximum absolute atomic E-state index is 6.45. The Labute approximate surface area is 108 Å². The highest BCUT2D eigenvalue weighted by Gasteiger charge is 2.58. The number of hydrogen-bond acceptors (Lipinski definition) is 0. The van der Waals surface area contributed by atoms with Crippen LogP contribution in [-0.2, 0) is 0 Å². The lowest BCUT2D eigenvalue weighted by atomic mass is 10.4. The molecule has 0 aliphatic rings. The lowest BCUT2D eigenvalue weighted by Gasteiger charge is -2.36. The molecule has 0 radical (unpaired) electrons. The van der Waals surface area contributed by atoms with E-state index in [2.05, 4.69) is 27.7 Å². The second-order valence-electron chi connectivity index (χ2n) is 3.86. The van der Waals surface area contributed by atoms with Crippen molar-refractivity contribution in [2.75, 3.05) is 0 Å². The Balaban J connectivity index is 4.85. The zero-order valence-electron chi connectivity index (χ0n) is 9.08. The van der Waals surface area contributed by atoms with Crippen molar-refractivity contribution in [1.82, 2.24) is 0 Å². The number of hydrogen-bond donors (Lipinski definition) is 0. The zero-order chi connectivity index (χ0) is 11.6. The van der Waals surface area contributed by atoms with Crippen molar-refractivity contribution in [2.45, 2.75) is 51.6 Å². The van der Waals surface area contributed by atoms with Crippen molar-refractivity contribution >= 4 is 56.7 Å². The van der Waals surface area contributed by atoms with Crippen LogP contribution in [-0.4, -0.2) is 12.4 Å². The van der Waals surface area contributed by atoms with Crippen molar-refractivity contribution < 1.29 is 0 Å². The van der Waals surface area contributed by atoms with Gasteiger partial charge in [0.1, 0.15) is 0 Å². The van der Waals surface area contributed by atoms with E-state index >= 15 is 0 Å². The minimum Gasteiger partial charge on any atom is -0.146 e. The molecule has 0 aliphatic carbocycles. The quantitative estimate of drug-likeness (QED) is 0.464. The highest BCUT2D eigenvalue weighted by atomic mass is 35.8. The van der Waals surface area contributed by atoms with Crippen LogP contribution in [0.4, 0.5) is 0 Å². The summed E-state index contributed by atoms with van der Waals surface area (Å²) in [6.07, 6.45) is -3.11. The predicted octanol–water partition coefficient (Wildman–Crippen LogP) is 5.50. The minimum atomic E-state index is -2.50. The van der Waals surface area contributed by atoms with Gasteiger partial charge in [-0.1, -0.05) is 40.5 Å². The van der Waals surface area contributed by atoms with Crippen LogP contribution in [0.3, 0.4) is 0 Å². The van der Waals surface area contributed by atoms with Gasteiger partial charge >= 0.3 is 0 Å². The SMILES string of the molecule is CCC(C)[Si](Cl)(Cl)[Si](Cl)(Cl)C(C)CC. The molecule has 0 nitrogen and oxygen atoms in total. The van der Waals surface area contributed by atoms with Crippen LogP contribution >= 0.6 is 44.3 Å². The third-order valence-electron chi connectivity index (χ3n) is 2.91. The Bertz CT molecular complexity index is 164. The van der Waals surface area contributed by atoms with Gasteiger partial charge in [-0.25, -0.2) is 0 Å². The average Bonchev–Trinajstić information content (AvgIpc) is 2.14. The summed E-state index contributed by atoms with van der Waals surface area (Å²) in [4.78, 5) is 0. The van der Waals surface area contributed by atoms with Gasteiger partial charge in [0.15, 0.2) is 0 Å². The van der Waals surface area contributed by atoms with E-state index < -0.39 is 12.4 Å². The smallest absolute Gasteiger partial charge is 0.146 e. The molecular formula is C8H18Cl4Si2. The van der Waals surface area contributed by atoms with E-state index in [1.54, 1.807) is 0 Å². The fourth-order valence-electron chi connectivity index (χ4n) is 1.17. The van der Waals surface area contributed by atoms with Gasteiger partial charge < -0.3 is 0 Å². The fraction of sp³-hybridized carbons (Fsp3) is 1.00. The Morgan fingerprint density at radius 1 is 0.786 bits per heavy atom. The van der Waals surface area contributed by atoms with E-state index in [1.807, 2.05) is 0 Å². The van der Waals surface area contributed by atoms with Crippen molar-refractivity contribution in [3.05, 3.63) is 0 Å². The van der Waals surface area contributed by atoms with Crippen LogP contribution < -0.4 is 0 Å². The molecule has 0 aromatic carbocycles. The van der Waals surface area contributed by atoms with Gasteiger partial charge in [-0.15, -0.1) is 44.3 Å². The van der Waals surface area contributed by atoms with Gasteiger partial charge in [-0.3, -0.25) is 0 Å². The van der Waals surface area contributed by atoms with E-state index in [-0.39, 0.29) is 11.1 Å². The molecule has 6 heteroatoms. The summed E-state index contributed by atoms with van der Waals surface area (Å²) in [6, 6.07) is 0. The molecule has 0 aromatic rings. The molecule has 0 aliphatic heterocycles. The van der Waals surface area contributed by atoms with Crippen LogP contribution in [0.1, 0.15) is 40.5 Å². The fourth-order valence-corrected chi connectivity index (χ4v) is 17.2. The van der Waals surface area contributed by atoms with Gasteiger partial charge in [0.25, 0.3) is 12.4 Å². The number of halogens is 4. The summed E-state index contributed by atoms with van der Waals surface area (Å²) in [6.45, 7) is 8.26. The molecule has 86 valence electrons. The van der Waals surface area contributed by atoms with Gasteiger partial charge in [-0.2, -0.15) is 0 Å².